The summed E-state index contributed by atoms with van der Waals surface area (Å²) in [6.07, 6.45) is 8.75. The summed E-state index contributed by atoms with van der Waals surface area (Å²) >= 11 is 0. The number of nitrogens with zero attached hydrogens (tertiary/aromatic N) is 5. The maximum Gasteiger partial charge on any atom is 0.254 e. The zero-order valence-electron chi connectivity index (χ0n) is 15.9. The smallest absolute Gasteiger partial charge is 0.254 e. The molecule has 1 spiro atoms. The third-order valence-electron chi connectivity index (χ3n) is 6.08. The Bertz CT molecular complexity index is 1170. The SMILES string of the molecule is N#Cc1ccnc(N2CCCC3(CCc4c3nc(-c3cccnc3)[nH]c4=O)C2)c1. The summed E-state index contributed by atoms with van der Waals surface area (Å²) in [5, 5.41) is 9.22. The number of piperidine rings is 1. The first-order valence-corrected chi connectivity index (χ1v) is 9.84. The topological polar surface area (TPSA) is 98.6 Å². The predicted octanol–water partition coefficient (Wildman–Crippen LogP) is 2.58. The second kappa shape index (κ2) is 6.82. The standard InChI is InChI=1S/C22H20N6O/c23-12-15-5-9-25-18(11-15)28-10-2-6-22(14-28)7-4-17-19(22)26-20(27-21(17)29)16-3-1-8-24-13-16/h1,3,5,8-9,11,13H,2,4,6-7,10,14H2,(H,26,27,29). The van der Waals surface area contributed by atoms with Crippen LogP contribution in [0.3, 0.4) is 0 Å². The number of aromatic amines is 1. The van der Waals surface area contributed by atoms with Crippen LogP contribution in [-0.4, -0.2) is 33.0 Å². The lowest BCUT2D eigenvalue weighted by atomic mass is 9.77. The number of nitrogens with one attached hydrogen (secondary N) is 1. The monoisotopic (exact) mass is 384 g/mol. The van der Waals surface area contributed by atoms with E-state index in [9.17, 15) is 10.1 Å². The van der Waals surface area contributed by atoms with Gasteiger partial charge in [-0.3, -0.25) is 9.78 Å². The number of pyridine rings is 2. The van der Waals surface area contributed by atoms with Crippen LogP contribution < -0.4 is 10.5 Å². The number of rotatable bonds is 2. The summed E-state index contributed by atoms with van der Waals surface area (Å²) < 4.78 is 0. The van der Waals surface area contributed by atoms with Crippen LogP contribution >= 0.6 is 0 Å². The van der Waals surface area contributed by atoms with Crippen LogP contribution in [0, 0.1) is 11.3 Å². The van der Waals surface area contributed by atoms with E-state index in [1.165, 1.54) is 0 Å². The van der Waals surface area contributed by atoms with E-state index < -0.39 is 0 Å². The molecule has 1 saturated heterocycles. The largest absolute Gasteiger partial charge is 0.356 e. The second-order valence-electron chi connectivity index (χ2n) is 7.80. The van der Waals surface area contributed by atoms with E-state index in [1.54, 1.807) is 24.7 Å². The van der Waals surface area contributed by atoms with E-state index in [0.717, 1.165) is 61.4 Å². The van der Waals surface area contributed by atoms with Gasteiger partial charge in [-0.25, -0.2) is 9.97 Å². The molecule has 0 saturated carbocycles. The van der Waals surface area contributed by atoms with E-state index in [2.05, 4.69) is 25.9 Å². The highest BCUT2D eigenvalue weighted by atomic mass is 16.1. The number of fused-ring (bicyclic) bond motifs is 2. The van der Waals surface area contributed by atoms with Gasteiger partial charge >= 0.3 is 0 Å². The molecule has 0 aromatic carbocycles. The van der Waals surface area contributed by atoms with Gasteiger partial charge in [0, 0.05) is 48.2 Å². The van der Waals surface area contributed by atoms with Crippen molar-refractivity contribution in [2.24, 2.45) is 0 Å². The summed E-state index contributed by atoms with van der Waals surface area (Å²) in [6, 6.07) is 9.49. The van der Waals surface area contributed by atoms with Crippen LogP contribution in [0.1, 0.15) is 36.1 Å². The van der Waals surface area contributed by atoms with Gasteiger partial charge in [0.25, 0.3) is 5.56 Å². The maximum absolute atomic E-state index is 12.8. The van der Waals surface area contributed by atoms with Gasteiger partial charge in [0.2, 0.25) is 0 Å². The summed E-state index contributed by atoms with van der Waals surface area (Å²) in [5.74, 6) is 1.39. The van der Waals surface area contributed by atoms with Crippen LogP contribution in [0.25, 0.3) is 11.4 Å². The minimum atomic E-state index is -0.164. The lowest BCUT2D eigenvalue weighted by Crippen LogP contribution is -2.46. The highest BCUT2D eigenvalue weighted by molar-refractivity contribution is 5.55. The number of H-pyrrole nitrogens is 1. The van der Waals surface area contributed by atoms with Crippen molar-refractivity contribution >= 4 is 5.82 Å². The first-order chi connectivity index (χ1) is 14.2. The number of hydrogen-bond acceptors (Lipinski definition) is 6. The second-order valence-corrected chi connectivity index (χ2v) is 7.80. The third-order valence-corrected chi connectivity index (χ3v) is 6.08. The molecule has 3 aromatic heterocycles. The van der Waals surface area contributed by atoms with Crippen molar-refractivity contribution in [3.63, 3.8) is 0 Å². The molecule has 1 atom stereocenters. The van der Waals surface area contributed by atoms with Gasteiger partial charge in [-0.15, -0.1) is 0 Å². The van der Waals surface area contributed by atoms with Crippen molar-refractivity contribution in [2.45, 2.75) is 31.1 Å². The molecule has 7 nitrogen and oxygen atoms in total. The van der Waals surface area contributed by atoms with Crippen LogP contribution in [0.4, 0.5) is 5.82 Å². The normalized spacial score (nSPS) is 20.4. The van der Waals surface area contributed by atoms with Crippen LogP contribution in [0.15, 0.2) is 47.7 Å². The molecule has 2 aliphatic rings. The molecule has 0 radical (unpaired) electrons. The van der Waals surface area contributed by atoms with Crippen LogP contribution in [0.5, 0.6) is 0 Å². The van der Waals surface area contributed by atoms with Crippen molar-refractivity contribution in [1.29, 1.82) is 5.26 Å². The average Bonchev–Trinajstić information content (AvgIpc) is 3.12. The quantitative estimate of drug-likeness (QED) is 0.729. The first-order valence-electron chi connectivity index (χ1n) is 9.84. The van der Waals surface area contributed by atoms with Gasteiger partial charge in [-0.05, 0) is 49.9 Å². The van der Waals surface area contributed by atoms with Crippen LogP contribution in [0.2, 0.25) is 0 Å². The molecule has 1 unspecified atom stereocenters. The molecule has 1 aliphatic heterocycles. The van der Waals surface area contributed by atoms with E-state index in [0.29, 0.717) is 11.4 Å². The number of aromatic nitrogens is 4. The van der Waals surface area contributed by atoms with E-state index in [4.69, 9.17) is 4.98 Å². The molecule has 144 valence electrons. The summed E-state index contributed by atoms with van der Waals surface area (Å²) in [7, 11) is 0. The van der Waals surface area contributed by atoms with Crippen LogP contribution in [-0.2, 0) is 11.8 Å². The third kappa shape index (κ3) is 2.97. The Kier molecular flexibility index (Phi) is 4.13. The molecule has 1 N–H and O–H groups in total. The van der Waals surface area contributed by atoms with Crippen molar-refractivity contribution in [2.75, 3.05) is 18.0 Å². The van der Waals surface area contributed by atoms with E-state index >= 15 is 0 Å². The van der Waals surface area contributed by atoms with Crippen molar-refractivity contribution in [1.82, 2.24) is 19.9 Å². The highest BCUT2D eigenvalue weighted by Crippen LogP contribution is 2.44. The Morgan fingerprint density at radius 2 is 2.17 bits per heavy atom. The van der Waals surface area contributed by atoms with E-state index in [-0.39, 0.29) is 11.0 Å². The van der Waals surface area contributed by atoms with Gasteiger partial charge < -0.3 is 9.88 Å². The predicted molar refractivity (Wildman–Crippen MR) is 108 cm³/mol. The Morgan fingerprint density at radius 3 is 3.00 bits per heavy atom. The van der Waals surface area contributed by atoms with Gasteiger partial charge in [-0.1, -0.05) is 0 Å². The molecular weight excluding hydrogens is 364 g/mol. The molecule has 0 amide bonds. The minimum Gasteiger partial charge on any atom is -0.356 e. The lowest BCUT2D eigenvalue weighted by Gasteiger charge is -2.41. The molecule has 1 aliphatic carbocycles. The number of nitriles is 1. The van der Waals surface area contributed by atoms with E-state index in [1.807, 2.05) is 18.2 Å². The zero-order chi connectivity index (χ0) is 19.8. The number of anilines is 1. The summed E-state index contributed by atoms with van der Waals surface area (Å²) in [5.41, 5.74) is 2.93. The van der Waals surface area contributed by atoms with Crippen molar-refractivity contribution < 1.29 is 0 Å². The maximum atomic E-state index is 12.8. The Labute approximate surface area is 168 Å². The molecule has 0 bridgehead atoms. The van der Waals surface area contributed by atoms with Crippen molar-refractivity contribution in [3.8, 4) is 17.5 Å². The Hall–Kier alpha value is -3.53. The molecule has 1 fully saturated rings. The van der Waals surface area contributed by atoms with Gasteiger partial charge in [0.05, 0.1) is 17.3 Å². The summed E-state index contributed by atoms with van der Waals surface area (Å²) in [6.45, 7) is 1.64. The fourth-order valence-electron chi connectivity index (χ4n) is 4.68. The average molecular weight is 384 g/mol. The molecule has 5 rings (SSSR count). The van der Waals surface area contributed by atoms with Gasteiger partial charge in [-0.2, -0.15) is 5.26 Å². The molecule has 29 heavy (non-hydrogen) atoms. The van der Waals surface area contributed by atoms with Gasteiger partial charge in [0.15, 0.2) is 0 Å². The molecule has 3 aromatic rings. The fourth-order valence-corrected chi connectivity index (χ4v) is 4.68. The minimum absolute atomic E-state index is 0.0487. The number of hydrogen-bond donors (Lipinski definition) is 1. The molecule has 4 heterocycles. The zero-order valence-corrected chi connectivity index (χ0v) is 15.9. The highest BCUT2D eigenvalue weighted by Gasteiger charge is 2.45. The Morgan fingerprint density at radius 1 is 1.24 bits per heavy atom. The Balaban J connectivity index is 1.55. The van der Waals surface area contributed by atoms with Crippen molar-refractivity contribution in [3.05, 3.63) is 70.0 Å². The summed E-state index contributed by atoms with van der Waals surface area (Å²) in [4.78, 5) is 31.5. The lowest BCUT2D eigenvalue weighted by molar-refractivity contribution is 0.333. The van der Waals surface area contributed by atoms with Gasteiger partial charge in [0.1, 0.15) is 11.6 Å². The first kappa shape index (κ1) is 17.6. The fraction of sp³-hybridized carbons (Fsp3) is 0.318. The molecule has 7 heteroatoms. The molecular formula is C22H20N6O.